The number of aryl methyl sites for hydroxylation is 1. The van der Waals surface area contributed by atoms with E-state index in [1.165, 1.54) is 23.5 Å². The van der Waals surface area contributed by atoms with E-state index >= 15 is 0 Å². The molecule has 1 heterocycles. The van der Waals surface area contributed by atoms with Crippen molar-refractivity contribution < 1.29 is 4.79 Å². The molecule has 1 aromatic heterocycles. The normalized spacial score (nSPS) is 12.0. The predicted octanol–water partition coefficient (Wildman–Crippen LogP) is 5.32. The largest absolute Gasteiger partial charge is 0.378 e. The lowest BCUT2D eigenvalue weighted by molar-refractivity contribution is -0.120. The molecular weight excluding hydrogens is 479 g/mol. The number of hydrogen-bond donors (Lipinski definition) is 2. The molecule has 0 aliphatic carbocycles. The number of hydrogen-bond acceptors (Lipinski definition) is 6. The van der Waals surface area contributed by atoms with Gasteiger partial charge in [-0.15, -0.1) is 16.8 Å². The molecule has 0 unspecified atom stereocenters. The zero-order valence-corrected chi connectivity index (χ0v) is 20.6. The third-order valence-corrected chi connectivity index (χ3v) is 6.24. The van der Waals surface area contributed by atoms with Gasteiger partial charge in [0.05, 0.1) is 23.0 Å². The van der Waals surface area contributed by atoms with Crippen molar-refractivity contribution in [3.8, 4) is 0 Å². The van der Waals surface area contributed by atoms with Crippen LogP contribution in [0.2, 0.25) is 10.0 Å². The maximum absolute atomic E-state index is 12.5. The van der Waals surface area contributed by atoms with Gasteiger partial charge < -0.3 is 9.88 Å². The van der Waals surface area contributed by atoms with Gasteiger partial charge in [-0.2, -0.15) is 5.10 Å². The maximum Gasteiger partial charge on any atom is 0.253 e. The number of nitrogens with one attached hydrogen (secondary N) is 2. The van der Waals surface area contributed by atoms with Crippen molar-refractivity contribution >= 4 is 52.8 Å². The van der Waals surface area contributed by atoms with Gasteiger partial charge in [-0.3, -0.25) is 4.79 Å². The molecule has 0 saturated carbocycles. The highest BCUT2D eigenvalue weighted by molar-refractivity contribution is 8.00. The zero-order valence-electron chi connectivity index (χ0n) is 18.3. The van der Waals surface area contributed by atoms with Gasteiger partial charge in [0.25, 0.3) is 5.91 Å². The fourth-order valence-electron chi connectivity index (χ4n) is 2.78. The minimum absolute atomic E-state index is 0.270. The van der Waals surface area contributed by atoms with Crippen LogP contribution in [0.4, 0.5) is 5.69 Å². The van der Waals surface area contributed by atoms with Crippen LogP contribution in [-0.2, 0) is 17.9 Å². The Bertz CT molecular complexity index is 1150. The highest BCUT2D eigenvalue weighted by Gasteiger charge is 2.19. The molecule has 10 heteroatoms. The Hall–Kier alpha value is -2.81. The molecule has 0 aliphatic heterocycles. The van der Waals surface area contributed by atoms with E-state index in [-0.39, 0.29) is 5.91 Å². The van der Waals surface area contributed by atoms with Crippen LogP contribution in [0.1, 0.15) is 23.9 Å². The summed E-state index contributed by atoms with van der Waals surface area (Å²) in [4.78, 5) is 12.5. The van der Waals surface area contributed by atoms with E-state index in [4.69, 9.17) is 23.2 Å². The van der Waals surface area contributed by atoms with Gasteiger partial charge in [-0.05, 0) is 38.1 Å². The monoisotopic (exact) mass is 502 g/mol. The van der Waals surface area contributed by atoms with Gasteiger partial charge >= 0.3 is 0 Å². The number of thioether (sulfide) groups is 1. The Morgan fingerprint density at radius 1 is 1.24 bits per heavy atom. The summed E-state index contributed by atoms with van der Waals surface area (Å²) in [5, 5.41) is 17.1. The van der Waals surface area contributed by atoms with Gasteiger partial charge in [0, 0.05) is 22.8 Å². The van der Waals surface area contributed by atoms with Crippen molar-refractivity contribution in [3.63, 3.8) is 0 Å². The Balaban J connectivity index is 1.61. The standard InChI is InChI=1S/C23H24Cl2N6OS/c1-4-11-31-21(14-26-19-9-5-15(2)6-10-19)28-30-23(31)33-16(3)22(32)29-27-13-17-7-8-18(24)12-20(17)25/h4-10,12-13,16,26H,1,11,14H2,2-3H3,(H,29,32)/t16-/m1/s1. The molecular formula is C23H24Cl2N6OS. The average molecular weight is 503 g/mol. The Morgan fingerprint density at radius 3 is 2.70 bits per heavy atom. The molecule has 2 aromatic carbocycles. The molecule has 0 saturated heterocycles. The van der Waals surface area contributed by atoms with E-state index in [2.05, 4.69) is 32.6 Å². The van der Waals surface area contributed by atoms with Gasteiger partial charge in [-0.25, -0.2) is 5.43 Å². The third kappa shape index (κ3) is 7.08. The number of nitrogens with zero attached hydrogens (tertiary/aromatic N) is 4. The fourth-order valence-corrected chi connectivity index (χ4v) is 4.10. The first kappa shape index (κ1) is 24.8. The number of rotatable bonds is 10. The van der Waals surface area contributed by atoms with Crippen molar-refractivity contribution in [1.82, 2.24) is 20.2 Å². The lowest BCUT2D eigenvalue weighted by atomic mass is 10.2. The van der Waals surface area contributed by atoms with E-state index in [1.54, 1.807) is 31.2 Å². The Kier molecular flexibility index (Phi) is 8.94. The highest BCUT2D eigenvalue weighted by atomic mass is 35.5. The van der Waals surface area contributed by atoms with Gasteiger partial charge in [-0.1, -0.05) is 64.8 Å². The molecule has 3 rings (SSSR count). The SMILES string of the molecule is C=CCn1c(CNc2ccc(C)cc2)nnc1S[C@H](C)C(=O)NN=Cc1ccc(Cl)cc1Cl. The first-order valence-corrected chi connectivity index (χ1v) is 11.8. The fraction of sp³-hybridized carbons (Fsp3) is 0.217. The molecule has 0 bridgehead atoms. The number of halogens is 2. The van der Waals surface area contributed by atoms with Crippen molar-refractivity contribution in [3.05, 3.63) is 82.1 Å². The topological polar surface area (TPSA) is 84.2 Å². The number of anilines is 1. The van der Waals surface area contributed by atoms with Gasteiger partial charge in [0.1, 0.15) is 0 Å². The Labute approximate surface area is 207 Å². The summed E-state index contributed by atoms with van der Waals surface area (Å²) < 4.78 is 1.93. The van der Waals surface area contributed by atoms with Crippen LogP contribution >= 0.6 is 35.0 Å². The van der Waals surface area contributed by atoms with Gasteiger partial charge in [0.2, 0.25) is 0 Å². The first-order chi connectivity index (χ1) is 15.9. The molecule has 1 atom stereocenters. The minimum atomic E-state index is -0.450. The zero-order chi connectivity index (χ0) is 23.8. The van der Waals surface area contributed by atoms with Crippen LogP contribution in [-0.4, -0.2) is 32.1 Å². The second-order valence-electron chi connectivity index (χ2n) is 7.18. The van der Waals surface area contributed by atoms with E-state index < -0.39 is 5.25 Å². The predicted molar refractivity (Wildman–Crippen MR) is 136 cm³/mol. The van der Waals surface area contributed by atoms with Crippen molar-refractivity contribution in [2.45, 2.75) is 37.3 Å². The molecule has 2 N–H and O–H groups in total. The summed E-state index contributed by atoms with van der Waals surface area (Å²) in [5.41, 5.74) is 5.37. The summed E-state index contributed by atoms with van der Waals surface area (Å²) in [5.74, 6) is 0.481. The van der Waals surface area contributed by atoms with E-state index in [9.17, 15) is 4.79 Å². The molecule has 0 aliphatic rings. The smallest absolute Gasteiger partial charge is 0.253 e. The number of allylic oxidation sites excluding steroid dienone is 1. The molecule has 172 valence electrons. The molecule has 1 amide bonds. The van der Waals surface area contributed by atoms with E-state index in [1.807, 2.05) is 35.8 Å². The van der Waals surface area contributed by atoms with Crippen LogP contribution in [0.3, 0.4) is 0 Å². The third-order valence-electron chi connectivity index (χ3n) is 4.60. The molecule has 3 aromatic rings. The quantitative estimate of drug-likeness (QED) is 0.169. The number of benzene rings is 2. The summed E-state index contributed by atoms with van der Waals surface area (Å²) in [7, 11) is 0. The number of aromatic nitrogens is 3. The van der Waals surface area contributed by atoms with E-state index in [0.717, 1.165) is 11.5 Å². The number of amides is 1. The summed E-state index contributed by atoms with van der Waals surface area (Å²) in [6.07, 6.45) is 3.25. The number of carbonyl (C=O) groups is 1. The summed E-state index contributed by atoms with van der Waals surface area (Å²) in [6, 6.07) is 13.2. The average Bonchev–Trinajstić information content (AvgIpc) is 3.16. The second kappa shape index (κ2) is 11.9. The summed E-state index contributed by atoms with van der Waals surface area (Å²) >= 11 is 13.3. The van der Waals surface area contributed by atoms with Crippen LogP contribution in [0.25, 0.3) is 0 Å². The maximum atomic E-state index is 12.5. The molecule has 7 nitrogen and oxygen atoms in total. The number of hydrazone groups is 1. The van der Waals surface area contributed by atoms with Crippen molar-refractivity contribution in [2.75, 3.05) is 5.32 Å². The van der Waals surface area contributed by atoms with E-state index in [0.29, 0.717) is 33.9 Å². The van der Waals surface area contributed by atoms with Crippen molar-refractivity contribution in [2.24, 2.45) is 5.10 Å². The highest BCUT2D eigenvalue weighted by Crippen LogP contribution is 2.23. The van der Waals surface area contributed by atoms with Crippen LogP contribution in [0.5, 0.6) is 0 Å². The minimum Gasteiger partial charge on any atom is -0.378 e. The van der Waals surface area contributed by atoms with Crippen LogP contribution < -0.4 is 10.7 Å². The Morgan fingerprint density at radius 2 is 2.00 bits per heavy atom. The van der Waals surface area contributed by atoms with Crippen molar-refractivity contribution in [1.29, 1.82) is 0 Å². The molecule has 33 heavy (non-hydrogen) atoms. The lowest BCUT2D eigenvalue weighted by Crippen LogP contribution is -2.27. The van der Waals surface area contributed by atoms with Crippen LogP contribution in [0, 0.1) is 6.92 Å². The van der Waals surface area contributed by atoms with Gasteiger partial charge in [0.15, 0.2) is 11.0 Å². The van der Waals surface area contributed by atoms with Crippen LogP contribution in [0.15, 0.2) is 65.4 Å². The lowest BCUT2D eigenvalue weighted by Gasteiger charge is -2.12. The molecule has 0 spiro atoms. The second-order valence-corrected chi connectivity index (χ2v) is 9.33. The number of carbonyl (C=O) groups excluding carboxylic acids is 1. The summed E-state index contributed by atoms with van der Waals surface area (Å²) in [6.45, 7) is 8.67. The molecule has 0 fully saturated rings. The molecule has 0 radical (unpaired) electrons. The first-order valence-electron chi connectivity index (χ1n) is 10.2.